The molecule has 0 amide bonds. The van der Waals surface area contributed by atoms with Crippen LogP contribution in [0, 0.1) is 11.3 Å². The molecular formula is C20H18ClN3O3. The van der Waals surface area contributed by atoms with Crippen LogP contribution in [0.4, 0.5) is 11.4 Å². The highest BCUT2D eigenvalue weighted by molar-refractivity contribution is 6.07. The van der Waals surface area contributed by atoms with Crippen molar-refractivity contribution in [2.75, 3.05) is 19.0 Å². The normalized spacial score (nSPS) is 9.81. The van der Waals surface area contributed by atoms with Crippen molar-refractivity contribution in [3.05, 3.63) is 59.8 Å². The smallest absolute Gasteiger partial charge is 0.341 e. The number of nitrogens with one attached hydrogen (secondary N) is 1. The lowest BCUT2D eigenvalue weighted by atomic mass is 10.1. The number of para-hydroxylation sites is 2. The molecule has 0 unspecified atom stereocenters. The summed E-state index contributed by atoms with van der Waals surface area (Å²) < 4.78 is 10.5. The third-order valence-corrected chi connectivity index (χ3v) is 3.88. The second-order valence-corrected chi connectivity index (χ2v) is 5.41. The number of carbonyl (C=O) groups excluding carboxylic acids is 1. The molecule has 0 aliphatic carbocycles. The van der Waals surface area contributed by atoms with Crippen LogP contribution in [0.2, 0.25) is 0 Å². The van der Waals surface area contributed by atoms with E-state index >= 15 is 0 Å². The summed E-state index contributed by atoms with van der Waals surface area (Å²) in [6.07, 6.45) is 1.46. The van der Waals surface area contributed by atoms with Crippen LogP contribution in [0.5, 0.6) is 5.75 Å². The molecule has 0 saturated carbocycles. The zero-order valence-electron chi connectivity index (χ0n) is 14.9. The second-order valence-electron chi connectivity index (χ2n) is 5.41. The first-order valence-corrected chi connectivity index (χ1v) is 8.08. The Balaban J connectivity index is 0.00000261. The zero-order valence-corrected chi connectivity index (χ0v) is 15.7. The minimum Gasteiger partial charge on any atom is -0.494 e. The van der Waals surface area contributed by atoms with Crippen LogP contribution < -0.4 is 10.1 Å². The SMILES string of the molecule is CCOC(=O)c1cnc2c(OC)cccc2c1Nc1ccccc1C#N.Cl. The molecule has 0 bridgehead atoms. The van der Waals surface area contributed by atoms with Crippen LogP contribution in [0.25, 0.3) is 10.9 Å². The number of nitrogens with zero attached hydrogens (tertiary/aromatic N) is 2. The topological polar surface area (TPSA) is 84.2 Å². The lowest BCUT2D eigenvalue weighted by Gasteiger charge is -2.16. The van der Waals surface area contributed by atoms with Gasteiger partial charge in [0.05, 0.1) is 30.7 Å². The summed E-state index contributed by atoms with van der Waals surface area (Å²) in [5.41, 5.74) is 2.49. The van der Waals surface area contributed by atoms with Crippen molar-refractivity contribution in [2.24, 2.45) is 0 Å². The van der Waals surface area contributed by atoms with E-state index in [0.717, 1.165) is 0 Å². The molecule has 7 heteroatoms. The fraction of sp³-hybridized carbons (Fsp3) is 0.150. The van der Waals surface area contributed by atoms with Gasteiger partial charge in [-0.05, 0) is 25.1 Å². The molecule has 0 fully saturated rings. The van der Waals surface area contributed by atoms with Crippen LogP contribution in [-0.4, -0.2) is 24.7 Å². The molecular weight excluding hydrogens is 366 g/mol. The Morgan fingerprint density at radius 3 is 2.70 bits per heavy atom. The van der Waals surface area contributed by atoms with Crippen molar-refractivity contribution in [3.63, 3.8) is 0 Å². The molecule has 1 N–H and O–H groups in total. The second kappa shape index (κ2) is 8.88. The van der Waals surface area contributed by atoms with Crippen LogP contribution in [-0.2, 0) is 4.74 Å². The van der Waals surface area contributed by atoms with Crippen LogP contribution in [0.15, 0.2) is 48.7 Å². The van der Waals surface area contributed by atoms with Gasteiger partial charge in [-0.1, -0.05) is 24.3 Å². The Labute approximate surface area is 163 Å². The Morgan fingerprint density at radius 2 is 2.00 bits per heavy atom. The highest BCUT2D eigenvalue weighted by atomic mass is 35.5. The van der Waals surface area contributed by atoms with Gasteiger partial charge in [0.1, 0.15) is 22.9 Å². The first-order valence-electron chi connectivity index (χ1n) is 8.08. The first-order chi connectivity index (χ1) is 12.7. The number of pyridine rings is 1. The van der Waals surface area contributed by atoms with E-state index in [9.17, 15) is 10.1 Å². The summed E-state index contributed by atoms with van der Waals surface area (Å²) in [6.45, 7) is 2.00. The van der Waals surface area contributed by atoms with Gasteiger partial charge in [-0.25, -0.2) is 4.79 Å². The zero-order chi connectivity index (χ0) is 18.5. The Morgan fingerprint density at radius 1 is 1.22 bits per heavy atom. The molecule has 6 nitrogen and oxygen atoms in total. The molecule has 0 atom stereocenters. The number of ether oxygens (including phenoxy) is 2. The molecule has 0 aliphatic rings. The van der Waals surface area contributed by atoms with Gasteiger partial charge in [0.25, 0.3) is 0 Å². The number of halogens is 1. The van der Waals surface area contributed by atoms with E-state index in [1.807, 2.05) is 18.2 Å². The number of aromatic nitrogens is 1. The summed E-state index contributed by atoms with van der Waals surface area (Å²) in [4.78, 5) is 16.8. The number of fused-ring (bicyclic) bond motifs is 1. The van der Waals surface area contributed by atoms with Crippen molar-refractivity contribution in [3.8, 4) is 11.8 Å². The van der Waals surface area contributed by atoms with Gasteiger partial charge in [0.15, 0.2) is 0 Å². The monoisotopic (exact) mass is 383 g/mol. The van der Waals surface area contributed by atoms with Gasteiger partial charge in [-0.15, -0.1) is 12.4 Å². The van der Waals surface area contributed by atoms with E-state index in [-0.39, 0.29) is 19.0 Å². The summed E-state index contributed by atoms with van der Waals surface area (Å²) in [5.74, 6) is 0.108. The summed E-state index contributed by atoms with van der Waals surface area (Å²) >= 11 is 0. The lowest BCUT2D eigenvalue weighted by Crippen LogP contribution is -2.10. The lowest BCUT2D eigenvalue weighted by molar-refractivity contribution is 0.0527. The Bertz CT molecular complexity index is 1020. The molecule has 0 saturated heterocycles. The molecule has 2 aromatic carbocycles. The van der Waals surface area contributed by atoms with Gasteiger partial charge in [-0.3, -0.25) is 4.98 Å². The summed E-state index contributed by atoms with van der Waals surface area (Å²) in [6, 6.07) is 14.7. The molecule has 3 aromatic rings. The first kappa shape index (κ1) is 20.0. The maximum absolute atomic E-state index is 12.4. The number of nitriles is 1. The molecule has 1 aromatic heterocycles. The third kappa shape index (κ3) is 3.94. The predicted octanol–water partition coefficient (Wildman–Crippen LogP) is 4.46. The number of carbonyl (C=O) groups is 1. The minimum absolute atomic E-state index is 0. The molecule has 3 rings (SSSR count). The third-order valence-electron chi connectivity index (χ3n) is 3.88. The number of anilines is 2. The fourth-order valence-corrected chi connectivity index (χ4v) is 2.68. The van der Waals surface area contributed by atoms with E-state index in [1.165, 1.54) is 6.20 Å². The van der Waals surface area contributed by atoms with E-state index in [1.54, 1.807) is 38.3 Å². The number of rotatable bonds is 5. The quantitative estimate of drug-likeness (QED) is 0.655. The van der Waals surface area contributed by atoms with Gasteiger partial charge in [-0.2, -0.15) is 5.26 Å². The van der Waals surface area contributed by atoms with E-state index in [4.69, 9.17) is 9.47 Å². The maximum Gasteiger partial charge on any atom is 0.341 e. The average molecular weight is 384 g/mol. The van der Waals surface area contributed by atoms with Crippen molar-refractivity contribution >= 4 is 40.7 Å². The molecule has 138 valence electrons. The van der Waals surface area contributed by atoms with Crippen molar-refractivity contribution in [1.82, 2.24) is 4.98 Å². The van der Waals surface area contributed by atoms with Crippen LogP contribution in [0.3, 0.4) is 0 Å². The van der Waals surface area contributed by atoms with Crippen LogP contribution in [0.1, 0.15) is 22.8 Å². The van der Waals surface area contributed by atoms with Crippen molar-refractivity contribution < 1.29 is 14.3 Å². The summed E-state index contributed by atoms with van der Waals surface area (Å²) in [5, 5.41) is 13.2. The van der Waals surface area contributed by atoms with Gasteiger partial charge in [0, 0.05) is 11.6 Å². The molecule has 1 heterocycles. The highest BCUT2D eigenvalue weighted by Crippen LogP contribution is 2.34. The van der Waals surface area contributed by atoms with Gasteiger partial charge >= 0.3 is 5.97 Å². The minimum atomic E-state index is -0.485. The molecule has 0 spiro atoms. The Kier molecular flexibility index (Phi) is 6.58. The fourth-order valence-electron chi connectivity index (χ4n) is 2.68. The predicted molar refractivity (Wildman–Crippen MR) is 106 cm³/mol. The highest BCUT2D eigenvalue weighted by Gasteiger charge is 2.19. The largest absolute Gasteiger partial charge is 0.494 e. The number of methoxy groups -OCH3 is 1. The average Bonchev–Trinajstić information content (AvgIpc) is 2.68. The Hall–Kier alpha value is -3.30. The number of esters is 1. The molecule has 0 radical (unpaired) electrons. The molecule has 27 heavy (non-hydrogen) atoms. The van der Waals surface area contributed by atoms with Crippen molar-refractivity contribution in [2.45, 2.75) is 6.92 Å². The van der Waals surface area contributed by atoms with E-state index in [0.29, 0.717) is 39.2 Å². The van der Waals surface area contributed by atoms with Gasteiger partial charge < -0.3 is 14.8 Å². The van der Waals surface area contributed by atoms with E-state index in [2.05, 4.69) is 16.4 Å². The molecule has 0 aliphatic heterocycles. The van der Waals surface area contributed by atoms with Gasteiger partial charge in [0.2, 0.25) is 0 Å². The van der Waals surface area contributed by atoms with Crippen LogP contribution >= 0.6 is 12.4 Å². The maximum atomic E-state index is 12.4. The number of hydrogen-bond donors (Lipinski definition) is 1. The van der Waals surface area contributed by atoms with Crippen molar-refractivity contribution in [1.29, 1.82) is 5.26 Å². The van der Waals surface area contributed by atoms with E-state index < -0.39 is 5.97 Å². The standard InChI is InChI=1S/C20H17N3O3.ClH/c1-3-26-20(24)15-12-22-19-14(8-6-10-17(19)25-2)18(15)23-16-9-5-4-7-13(16)11-21;/h4-10,12H,3H2,1-2H3,(H,22,23);1H. The number of hydrogen-bond acceptors (Lipinski definition) is 6. The summed E-state index contributed by atoms with van der Waals surface area (Å²) in [7, 11) is 1.56. The number of benzene rings is 2.